The molecule has 0 fully saturated rings. The number of carbonyl (C=O) groups excluding carboxylic acids is 1. The van der Waals surface area contributed by atoms with E-state index >= 15 is 0 Å². The van der Waals surface area contributed by atoms with Gasteiger partial charge in [0.1, 0.15) is 5.71 Å². The first-order valence-corrected chi connectivity index (χ1v) is 3.20. The van der Waals surface area contributed by atoms with E-state index in [9.17, 15) is 14.9 Å². The highest BCUT2D eigenvalue weighted by Crippen LogP contribution is 1.92. The van der Waals surface area contributed by atoms with Gasteiger partial charge in [-0.05, 0) is 0 Å². The molecule has 0 aromatic heterocycles. The Hall–Kier alpha value is -1.66. The van der Waals surface area contributed by atoms with Crippen LogP contribution in [0.25, 0.3) is 0 Å². The molecule has 0 aliphatic rings. The summed E-state index contributed by atoms with van der Waals surface area (Å²) in [5.41, 5.74) is 4.53. The molecule has 1 amide bonds. The normalized spacial score (nSPS) is 11.2. The van der Waals surface area contributed by atoms with Gasteiger partial charge in [0, 0.05) is 17.8 Å². The summed E-state index contributed by atoms with van der Waals surface area (Å²) < 4.78 is 0. The molecule has 0 atom stereocenters. The first kappa shape index (κ1) is 10.3. The molecule has 0 aromatic carbocycles. The fraction of sp³-hybridized carbons (Fsp3) is 0.600. The van der Waals surface area contributed by atoms with E-state index in [1.165, 1.54) is 0 Å². The van der Waals surface area contributed by atoms with Crippen LogP contribution in [-0.4, -0.2) is 28.3 Å². The fourth-order valence-corrected chi connectivity index (χ4v) is 0.598. The summed E-state index contributed by atoms with van der Waals surface area (Å²) in [6, 6.07) is 0. The molecule has 12 heavy (non-hydrogen) atoms. The smallest absolute Gasteiger partial charge is 0.266 e. The van der Waals surface area contributed by atoms with Crippen molar-refractivity contribution >= 4 is 11.6 Å². The predicted octanol–water partition coefficient (Wildman–Crippen LogP) is -0.641. The van der Waals surface area contributed by atoms with E-state index in [-0.39, 0.29) is 25.1 Å². The van der Waals surface area contributed by atoms with Gasteiger partial charge in [-0.1, -0.05) is 5.16 Å². The van der Waals surface area contributed by atoms with Crippen LogP contribution in [0.1, 0.15) is 12.8 Å². The summed E-state index contributed by atoms with van der Waals surface area (Å²) in [5.74, 6) is -0.860. The molecule has 7 nitrogen and oxygen atoms in total. The maximum Gasteiger partial charge on any atom is 0.266 e. The molecule has 0 heterocycles. The van der Waals surface area contributed by atoms with Crippen LogP contribution >= 0.6 is 0 Å². The quantitative estimate of drug-likeness (QED) is 0.250. The molecule has 3 N–H and O–H groups in total. The third-order valence-electron chi connectivity index (χ3n) is 1.16. The largest absolute Gasteiger partial charge is 0.410 e. The number of hydrogen-bond acceptors (Lipinski definition) is 5. The maximum absolute atomic E-state index is 10.4. The van der Waals surface area contributed by atoms with Crippen molar-refractivity contribution in [1.29, 1.82) is 0 Å². The SMILES string of the molecule is NC(=O)C(CCC[N+](=O)[O-])=NO. The van der Waals surface area contributed by atoms with Gasteiger partial charge < -0.3 is 10.9 Å². The van der Waals surface area contributed by atoms with Crippen molar-refractivity contribution < 1.29 is 14.9 Å². The van der Waals surface area contributed by atoms with Gasteiger partial charge >= 0.3 is 0 Å². The Balaban J connectivity index is 3.76. The molecule has 0 radical (unpaired) electrons. The summed E-state index contributed by atoms with van der Waals surface area (Å²) in [7, 11) is 0. The second-order valence-corrected chi connectivity index (χ2v) is 2.07. The van der Waals surface area contributed by atoms with Crippen LogP contribution in [0.15, 0.2) is 5.16 Å². The molecule has 0 aliphatic heterocycles. The topological polar surface area (TPSA) is 119 Å². The lowest BCUT2D eigenvalue weighted by atomic mass is 10.2. The highest BCUT2D eigenvalue weighted by atomic mass is 16.6. The number of primary amides is 1. The van der Waals surface area contributed by atoms with Crippen molar-refractivity contribution in [3.8, 4) is 0 Å². The average molecular weight is 175 g/mol. The van der Waals surface area contributed by atoms with Crippen molar-refractivity contribution in [1.82, 2.24) is 0 Å². The number of amides is 1. The summed E-state index contributed by atoms with van der Waals surface area (Å²) in [4.78, 5) is 19.7. The lowest BCUT2D eigenvalue weighted by Crippen LogP contribution is -2.23. The van der Waals surface area contributed by atoms with Crippen LogP contribution < -0.4 is 5.73 Å². The minimum Gasteiger partial charge on any atom is -0.410 e. The second-order valence-electron chi connectivity index (χ2n) is 2.07. The first-order valence-electron chi connectivity index (χ1n) is 3.20. The molecule has 0 bridgehead atoms. The van der Waals surface area contributed by atoms with Crippen LogP contribution in [0.5, 0.6) is 0 Å². The third-order valence-corrected chi connectivity index (χ3v) is 1.16. The Labute approximate surface area is 68.0 Å². The van der Waals surface area contributed by atoms with E-state index < -0.39 is 10.8 Å². The first-order chi connectivity index (χ1) is 5.57. The van der Waals surface area contributed by atoms with Crippen LogP contribution in [0.4, 0.5) is 0 Å². The molecule has 0 spiro atoms. The standard InChI is InChI=1S/C5H9N3O4/c6-5(9)4(7-10)2-1-3-8(11)12/h10H,1-3H2,(H2,6,9). The van der Waals surface area contributed by atoms with Crippen LogP contribution in [0.3, 0.4) is 0 Å². The monoisotopic (exact) mass is 175 g/mol. The van der Waals surface area contributed by atoms with E-state index in [0.29, 0.717) is 0 Å². The summed E-state index contributed by atoms with van der Waals surface area (Å²) in [5, 5.41) is 20.6. The number of carbonyl (C=O) groups is 1. The number of oxime groups is 1. The number of rotatable bonds is 5. The van der Waals surface area contributed by atoms with Crippen LogP contribution in [-0.2, 0) is 4.79 Å². The van der Waals surface area contributed by atoms with Crippen molar-refractivity contribution in [3.63, 3.8) is 0 Å². The molecular weight excluding hydrogens is 166 g/mol. The Morgan fingerprint density at radius 2 is 2.25 bits per heavy atom. The van der Waals surface area contributed by atoms with Gasteiger partial charge in [0.25, 0.3) is 5.91 Å². The van der Waals surface area contributed by atoms with E-state index in [4.69, 9.17) is 10.9 Å². The van der Waals surface area contributed by atoms with Gasteiger partial charge in [-0.25, -0.2) is 0 Å². The second kappa shape index (κ2) is 5.05. The highest BCUT2D eigenvalue weighted by Gasteiger charge is 2.08. The van der Waals surface area contributed by atoms with Gasteiger partial charge in [-0.2, -0.15) is 0 Å². The summed E-state index contributed by atoms with van der Waals surface area (Å²) in [6.45, 7) is -0.272. The van der Waals surface area contributed by atoms with Crippen LogP contribution in [0, 0.1) is 10.1 Å². The Morgan fingerprint density at radius 1 is 1.67 bits per heavy atom. The minimum absolute atomic E-state index is 0.0206. The van der Waals surface area contributed by atoms with E-state index in [0.717, 1.165) is 0 Å². The average Bonchev–Trinajstić information content (AvgIpc) is 1.96. The highest BCUT2D eigenvalue weighted by molar-refractivity contribution is 6.38. The lowest BCUT2D eigenvalue weighted by Gasteiger charge is -1.95. The molecule has 0 aliphatic carbocycles. The van der Waals surface area contributed by atoms with E-state index in [2.05, 4.69) is 5.16 Å². The van der Waals surface area contributed by atoms with E-state index in [1.807, 2.05) is 0 Å². The number of nitrogens with zero attached hydrogens (tertiary/aromatic N) is 2. The number of nitrogens with two attached hydrogens (primary N) is 1. The van der Waals surface area contributed by atoms with Crippen molar-refractivity contribution in [3.05, 3.63) is 10.1 Å². The zero-order valence-corrected chi connectivity index (χ0v) is 6.27. The van der Waals surface area contributed by atoms with Gasteiger partial charge in [-0.15, -0.1) is 0 Å². The Bertz CT molecular complexity index is 213. The third kappa shape index (κ3) is 4.20. The van der Waals surface area contributed by atoms with Gasteiger partial charge in [-0.3, -0.25) is 14.9 Å². The molecule has 0 saturated carbocycles. The molecular formula is C5H9N3O4. The Morgan fingerprint density at radius 3 is 2.58 bits per heavy atom. The molecule has 68 valence electrons. The van der Waals surface area contributed by atoms with Gasteiger partial charge in [0.05, 0.1) is 0 Å². The zero-order valence-electron chi connectivity index (χ0n) is 6.27. The van der Waals surface area contributed by atoms with Crippen molar-refractivity contribution in [2.45, 2.75) is 12.8 Å². The molecule has 0 aromatic rings. The Kier molecular flexibility index (Phi) is 4.35. The maximum atomic E-state index is 10.4. The van der Waals surface area contributed by atoms with Crippen molar-refractivity contribution in [2.24, 2.45) is 10.9 Å². The van der Waals surface area contributed by atoms with Crippen LogP contribution in [0.2, 0.25) is 0 Å². The minimum atomic E-state index is -0.860. The molecule has 0 unspecified atom stereocenters. The van der Waals surface area contributed by atoms with Gasteiger partial charge in [0.2, 0.25) is 6.54 Å². The molecule has 7 heteroatoms. The van der Waals surface area contributed by atoms with Gasteiger partial charge in [0.15, 0.2) is 0 Å². The lowest BCUT2D eigenvalue weighted by molar-refractivity contribution is -0.480. The zero-order chi connectivity index (χ0) is 9.56. The number of nitro groups is 1. The molecule has 0 rings (SSSR count). The summed E-state index contributed by atoms with van der Waals surface area (Å²) >= 11 is 0. The predicted molar refractivity (Wildman–Crippen MR) is 39.5 cm³/mol. The number of hydrogen-bond donors (Lipinski definition) is 2. The molecule has 0 saturated heterocycles. The van der Waals surface area contributed by atoms with Crippen molar-refractivity contribution in [2.75, 3.05) is 6.54 Å². The summed E-state index contributed by atoms with van der Waals surface area (Å²) in [6.07, 6.45) is 0.155. The fourth-order valence-electron chi connectivity index (χ4n) is 0.598. The van der Waals surface area contributed by atoms with E-state index in [1.54, 1.807) is 0 Å².